The van der Waals surface area contributed by atoms with E-state index in [0.29, 0.717) is 0 Å². The Morgan fingerprint density at radius 1 is 1.00 bits per heavy atom. The topological polar surface area (TPSA) is 15.3 Å². The summed E-state index contributed by atoms with van der Waals surface area (Å²) >= 11 is 0. The van der Waals surface area contributed by atoms with Gasteiger partial charge in [0.15, 0.2) is 0 Å². The van der Waals surface area contributed by atoms with Gasteiger partial charge in [-0.05, 0) is 63.1 Å². The molecule has 4 fully saturated rings. The highest BCUT2D eigenvalue weighted by Gasteiger charge is 2.34. The van der Waals surface area contributed by atoms with Crippen LogP contribution in [0.15, 0.2) is 0 Å². The first-order chi connectivity index (χ1) is 8.31. The Kier molecular flexibility index (Phi) is 3.72. The van der Waals surface area contributed by atoms with Crippen LogP contribution in [0.1, 0.15) is 45.4 Å². The van der Waals surface area contributed by atoms with Gasteiger partial charge in [0.2, 0.25) is 0 Å². The van der Waals surface area contributed by atoms with Crippen LogP contribution in [0.2, 0.25) is 0 Å². The lowest BCUT2D eigenvalue weighted by atomic mass is 9.81. The van der Waals surface area contributed by atoms with Crippen molar-refractivity contribution in [1.29, 1.82) is 0 Å². The summed E-state index contributed by atoms with van der Waals surface area (Å²) in [7, 11) is 0. The normalized spacial score (nSPS) is 46.1. The van der Waals surface area contributed by atoms with Gasteiger partial charge in [-0.2, -0.15) is 0 Å². The van der Waals surface area contributed by atoms with Crippen molar-refractivity contribution in [2.45, 2.75) is 51.5 Å². The van der Waals surface area contributed by atoms with Crippen LogP contribution >= 0.6 is 0 Å². The van der Waals surface area contributed by atoms with E-state index in [-0.39, 0.29) is 0 Å². The van der Waals surface area contributed by atoms with Crippen molar-refractivity contribution in [1.82, 2.24) is 10.2 Å². The van der Waals surface area contributed by atoms with Crippen molar-refractivity contribution in [3.8, 4) is 0 Å². The third-order valence-electron chi connectivity index (χ3n) is 5.46. The standard InChI is InChI=1S/C15H28N2/c1-12-2-4-13(5-3-12)10-16-15-11-17-8-6-14(15)7-9-17/h12-16H,2-11H2,1H3. The van der Waals surface area contributed by atoms with Crippen LogP contribution in [-0.2, 0) is 0 Å². The molecule has 3 heterocycles. The van der Waals surface area contributed by atoms with E-state index in [1.807, 2.05) is 0 Å². The van der Waals surface area contributed by atoms with Gasteiger partial charge in [-0.3, -0.25) is 0 Å². The van der Waals surface area contributed by atoms with E-state index in [2.05, 4.69) is 17.1 Å². The van der Waals surface area contributed by atoms with Crippen LogP contribution in [0.4, 0.5) is 0 Å². The zero-order valence-electron chi connectivity index (χ0n) is 11.3. The predicted octanol–water partition coefficient (Wildman–Crippen LogP) is 2.50. The van der Waals surface area contributed by atoms with Gasteiger partial charge in [0, 0.05) is 12.6 Å². The number of piperidine rings is 3. The van der Waals surface area contributed by atoms with Crippen molar-refractivity contribution in [3.05, 3.63) is 0 Å². The number of nitrogens with one attached hydrogen (secondary N) is 1. The zero-order valence-corrected chi connectivity index (χ0v) is 11.3. The van der Waals surface area contributed by atoms with E-state index in [9.17, 15) is 0 Å². The lowest BCUT2D eigenvalue weighted by Gasteiger charge is -2.45. The highest BCUT2D eigenvalue weighted by Crippen LogP contribution is 2.30. The summed E-state index contributed by atoms with van der Waals surface area (Å²) in [5.41, 5.74) is 0. The van der Waals surface area contributed by atoms with Gasteiger partial charge in [-0.15, -0.1) is 0 Å². The first-order valence-electron chi connectivity index (χ1n) is 7.77. The Morgan fingerprint density at radius 2 is 1.71 bits per heavy atom. The quantitative estimate of drug-likeness (QED) is 0.810. The molecule has 4 rings (SSSR count). The molecule has 2 bridgehead atoms. The lowest BCUT2D eigenvalue weighted by molar-refractivity contribution is 0.0693. The minimum Gasteiger partial charge on any atom is -0.312 e. The van der Waals surface area contributed by atoms with Crippen molar-refractivity contribution in [3.63, 3.8) is 0 Å². The molecule has 1 aliphatic carbocycles. The van der Waals surface area contributed by atoms with E-state index in [0.717, 1.165) is 23.8 Å². The second-order valence-corrected chi connectivity index (χ2v) is 6.78. The van der Waals surface area contributed by atoms with E-state index in [1.165, 1.54) is 64.7 Å². The average molecular weight is 236 g/mol. The minimum absolute atomic E-state index is 0.817. The smallest absolute Gasteiger partial charge is 0.0224 e. The second kappa shape index (κ2) is 5.27. The SMILES string of the molecule is CC1CCC(CNC2CN3CCC2CC3)CC1. The monoisotopic (exact) mass is 236 g/mol. The van der Waals surface area contributed by atoms with Crippen LogP contribution in [0.25, 0.3) is 0 Å². The molecular formula is C15H28N2. The van der Waals surface area contributed by atoms with Crippen LogP contribution in [-0.4, -0.2) is 37.1 Å². The minimum atomic E-state index is 0.817. The fraction of sp³-hybridized carbons (Fsp3) is 1.00. The van der Waals surface area contributed by atoms with E-state index in [1.54, 1.807) is 0 Å². The summed E-state index contributed by atoms with van der Waals surface area (Å²) in [5, 5.41) is 3.90. The molecule has 2 heteroatoms. The lowest BCUT2D eigenvalue weighted by Crippen LogP contribution is -2.56. The molecule has 2 nitrogen and oxygen atoms in total. The first-order valence-corrected chi connectivity index (χ1v) is 7.77. The summed E-state index contributed by atoms with van der Waals surface area (Å²) < 4.78 is 0. The maximum atomic E-state index is 3.90. The Labute approximate surface area is 106 Å². The van der Waals surface area contributed by atoms with Crippen LogP contribution in [0.5, 0.6) is 0 Å². The summed E-state index contributed by atoms with van der Waals surface area (Å²) in [4.78, 5) is 2.65. The number of fused-ring (bicyclic) bond motifs is 3. The highest BCUT2D eigenvalue weighted by atomic mass is 15.2. The maximum absolute atomic E-state index is 3.90. The average Bonchev–Trinajstić information content (AvgIpc) is 2.39. The van der Waals surface area contributed by atoms with E-state index < -0.39 is 0 Å². The molecule has 3 saturated heterocycles. The molecule has 1 unspecified atom stereocenters. The van der Waals surface area contributed by atoms with Gasteiger partial charge in [0.1, 0.15) is 0 Å². The Balaban J connectivity index is 1.42. The molecule has 1 atom stereocenters. The predicted molar refractivity (Wildman–Crippen MR) is 72.1 cm³/mol. The Morgan fingerprint density at radius 3 is 2.29 bits per heavy atom. The molecule has 3 aliphatic heterocycles. The molecule has 0 radical (unpaired) electrons. The largest absolute Gasteiger partial charge is 0.312 e. The molecule has 0 spiro atoms. The van der Waals surface area contributed by atoms with Gasteiger partial charge in [-0.1, -0.05) is 19.8 Å². The molecule has 0 amide bonds. The van der Waals surface area contributed by atoms with Gasteiger partial charge >= 0.3 is 0 Å². The van der Waals surface area contributed by atoms with Gasteiger partial charge in [0.05, 0.1) is 0 Å². The van der Waals surface area contributed by atoms with Crippen LogP contribution in [0.3, 0.4) is 0 Å². The number of rotatable bonds is 3. The van der Waals surface area contributed by atoms with E-state index in [4.69, 9.17) is 0 Å². The molecule has 1 N–H and O–H groups in total. The third-order valence-corrected chi connectivity index (χ3v) is 5.46. The van der Waals surface area contributed by atoms with Crippen molar-refractivity contribution in [2.24, 2.45) is 17.8 Å². The zero-order chi connectivity index (χ0) is 11.7. The van der Waals surface area contributed by atoms with Crippen molar-refractivity contribution in [2.75, 3.05) is 26.2 Å². The van der Waals surface area contributed by atoms with Gasteiger partial charge in [-0.25, -0.2) is 0 Å². The molecule has 98 valence electrons. The third kappa shape index (κ3) is 2.85. The number of hydrogen-bond donors (Lipinski definition) is 1. The van der Waals surface area contributed by atoms with Gasteiger partial charge in [0.25, 0.3) is 0 Å². The Hall–Kier alpha value is -0.0800. The molecule has 17 heavy (non-hydrogen) atoms. The maximum Gasteiger partial charge on any atom is 0.0224 e. The van der Waals surface area contributed by atoms with E-state index >= 15 is 0 Å². The molecule has 0 aromatic carbocycles. The van der Waals surface area contributed by atoms with Crippen LogP contribution in [0, 0.1) is 17.8 Å². The fourth-order valence-electron chi connectivity index (χ4n) is 4.05. The van der Waals surface area contributed by atoms with Crippen molar-refractivity contribution < 1.29 is 0 Å². The molecule has 0 aromatic rings. The second-order valence-electron chi connectivity index (χ2n) is 6.78. The van der Waals surface area contributed by atoms with Gasteiger partial charge < -0.3 is 10.2 Å². The summed E-state index contributed by atoms with van der Waals surface area (Å²) in [6.07, 6.45) is 8.75. The van der Waals surface area contributed by atoms with Crippen molar-refractivity contribution >= 4 is 0 Å². The summed E-state index contributed by atoms with van der Waals surface area (Å²) in [6, 6.07) is 0.817. The molecule has 0 aromatic heterocycles. The Bertz CT molecular complexity index is 237. The van der Waals surface area contributed by atoms with Crippen LogP contribution < -0.4 is 5.32 Å². The molecule has 4 aliphatic rings. The first kappa shape index (κ1) is 12.0. The molecule has 1 saturated carbocycles. The number of hydrogen-bond acceptors (Lipinski definition) is 2. The summed E-state index contributed by atoms with van der Waals surface area (Å²) in [6.45, 7) is 7.76. The molecular weight excluding hydrogens is 208 g/mol. The number of nitrogens with zero attached hydrogens (tertiary/aromatic N) is 1. The summed E-state index contributed by atoms with van der Waals surface area (Å²) in [5.74, 6) is 2.95. The highest BCUT2D eigenvalue weighted by molar-refractivity contribution is 4.91. The fourth-order valence-corrected chi connectivity index (χ4v) is 4.05.